The molecule has 1 atom stereocenters. The molecule has 34 heavy (non-hydrogen) atoms. The Balaban J connectivity index is 1.77. The van der Waals surface area contributed by atoms with Crippen LogP contribution in [-0.4, -0.2) is 59.9 Å². The Morgan fingerprint density at radius 1 is 1.09 bits per heavy atom. The fraction of sp³-hybridized carbons (Fsp3) is 0.407. The maximum Gasteiger partial charge on any atom is 0.295 e. The van der Waals surface area contributed by atoms with Gasteiger partial charge < -0.3 is 19.6 Å². The minimum atomic E-state index is -0.756. The smallest absolute Gasteiger partial charge is 0.295 e. The molecule has 6 nitrogen and oxygen atoms in total. The van der Waals surface area contributed by atoms with Crippen molar-refractivity contribution in [2.24, 2.45) is 0 Å². The van der Waals surface area contributed by atoms with Crippen LogP contribution in [0.3, 0.4) is 0 Å². The van der Waals surface area contributed by atoms with Crippen LogP contribution in [-0.2, 0) is 9.59 Å². The second-order valence-electron chi connectivity index (χ2n) is 9.21. The first kappa shape index (κ1) is 24.0. The summed E-state index contributed by atoms with van der Waals surface area (Å²) in [6.07, 6.45) is 2.25. The third-order valence-corrected chi connectivity index (χ3v) is 6.74. The third kappa shape index (κ3) is 4.57. The number of ketones is 1. The van der Waals surface area contributed by atoms with Gasteiger partial charge in [-0.25, -0.2) is 4.39 Å². The van der Waals surface area contributed by atoms with Crippen molar-refractivity contribution in [2.75, 3.05) is 33.3 Å². The van der Waals surface area contributed by atoms with Gasteiger partial charge in [-0.2, -0.15) is 0 Å². The Kier molecular flexibility index (Phi) is 7.03. The highest BCUT2D eigenvalue weighted by molar-refractivity contribution is 6.46. The second kappa shape index (κ2) is 9.97. The summed E-state index contributed by atoms with van der Waals surface area (Å²) in [5.74, 6) is -2.09. The molecule has 1 N–H and O–H groups in total. The van der Waals surface area contributed by atoms with Crippen molar-refractivity contribution < 1.29 is 23.8 Å². The standard InChI is InChI=1S/C27H31FN2O4/c1-17(2)18-6-8-19(9-7-18)24-23(25(31)20-10-11-22(34-3)21(28)16-20)26(32)27(33)30(24)15-14-29-12-4-5-13-29/h6-11,16-17,24,31H,4-5,12-15H2,1-3H3/b25-23+. The number of hydrogen-bond donors (Lipinski definition) is 1. The number of methoxy groups -OCH3 is 1. The zero-order valence-corrected chi connectivity index (χ0v) is 19.9. The van der Waals surface area contributed by atoms with Gasteiger partial charge in [0.05, 0.1) is 18.7 Å². The molecule has 4 rings (SSSR count). The lowest BCUT2D eigenvalue weighted by atomic mass is 9.93. The molecule has 0 aliphatic carbocycles. The van der Waals surface area contributed by atoms with E-state index in [9.17, 15) is 19.1 Å². The molecule has 2 fully saturated rings. The lowest BCUT2D eigenvalue weighted by Crippen LogP contribution is -2.37. The summed E-state index contributed by atoms with van der Waals surface area (Å²) in [7, 11) is 1.35. The number of amides is 1. The van der Waals surface area contributed by atoms with Crippen molar-refractivity contribution >= 4 is 17.4 Å². The summed E-state index contributed by atoms with van der Waals surface area (Å²) in [5, 5.41) is 11.1. The van der Waals surface area contributed by atoms with Crippen molar-refractivity contribution in [3.63, 3.8) is 0 Å². The summed E-state index contributed by atoms with van der Waals surface area (Å²) < 4.78 is 19.3. The number of carbonyl (C=O) groups excluding carboxylic acids is 2. The van der Waals surface area contributed by atoms with Gasteiger partial charge >= 0.3 is 0 Å². The second-order valence-corrected chi connectivity index (χ2v) is 9.21. The van der Waals surface area contributed by atoms with Gasteiger partial charge in [-0.1, -0.05) is 38.1 Å². The number of benzene rings is 2. The van der Waals surface area contributed by atoms with E-state index in [0.717, 1.165) is 43.1 Å². The van der Waals surface area contributed by atoms with Gasteiger partial charge in [0.25, 0.3) is 11.7 Å². The van der Waals surface area contributed by atoms with Crippen LogP contribution in [0.25, 0.3) is 5.76 Å². The fourth-order valence-corrected chi connectivity index (χ4v) is 4.74. The summed E-state index contributed by atoms with van der Waals surface area (Å²) in [6, 6.07) is 11.0. The Morgan fingerprint density at radius 3 is 2.35 bits per heavy atom. The average Bonchev–Trinajstić information content (AvgIpc) is 3.44. The number of nitrogens with zero attached hydrogens (tertiary/aromatic N) is 2. The Labute approximate surface area is 199 Å². The summed E-state index contributed by atoms with van der Waals surface area (Å²) in [6.45, 7) is 7.16. The fourth-order valence-electron chi connectivity index (χ4n) is 4.74. The lowest BCUT2D eigenvalue weighted by molar-refractivity contribution is -0.140. The normalized spacial score (nSPS) is 20.5. The number of halogens is 1. The predicted octanol–water partition coefficient (Wildman–Crippen LogP) is 4.48. The van der Waals surface area contributed by atoms with E-state index < -0.39 is 23.5 Å². The third-order valence-electron chi connectivity index (χ3n) is 6.74. The number of rotatable bonds is 7. The first-order chi connectivity index (χ1) is 16.3. The average molecular weight is 467 g/mol. The van der Waals surface area contributed by atoms with E-state index in [1.54, 1.807) is 0 Å². The molecule has 0 radical (unpaired) electrons. The molecule has 7 heteroatoms. The van der Waals surface area contributed by atoms with Gasteiger partial charge in [0.2, 0.25) is 0 Å². The highest BCUT2D eigenvalue weighted by Crippen LogP contribution is 2.40. The van der Waals surface area contributed by atoms with E-state index in [2.05, 4.69) is 18.7 Å². The molecule has 2 heterocycles. The minimum absolute atomic E-state index is 0.0201. The van der Waals surface area contributed by atoms with Gasteiger partial charge in [-0.05, 0) is 61.2 Å². The molecule has 2 saturated heterocycles. The van der Waals surface area contributed by atoms with E-state index in [-0.39, 0.29) is 22.6 Å². The molecule has 0 saturated carbocycles. The van der Waals surface area contributed by atoms with Crippen LogP contribution in [0, 0.1) is 5.82 Å². The van der Waals surface area contributed by atoms with Gasteiger partial charge in [-0.3, -0.25) is 9.59 Å². The van der Waals surface area contributed by atoms with Crippen LogP contribution < -0.4 is 4.74 Å². The van der Waals surface area contributed by atoms with Crippen LogP contribution in [0.1, 0.15) is 55.3 Å². The molecule has 2 aliphatic heterocycles. The van der Waals surface area contributed by atoms with Crippen molar-refractivity contribution in [1.29, 1.82) is 0 Å². The summed E-state index contributed by atoms with van der Waals surface area (Å²) in [5.41, 5.74) is 1.98. The topological polar surface area (TPSA) is 70.1 Å². The van der Waals surface area contributed by atoms with E-state index in [1.165, 1.54) is 24.1 Å². The first-order valence-corrected chi connectivity index (χ1v) is 11.8. The van der Waals surface area contributed by atoms with Crippen LogP contribution >= 0.6 is 0 Å². The maximum absolute atomic E-state index is 14.4. The van der Waals surface area contributed by atoms with Gasteiger partial charge in [-0.15, -0.1) is 0 Å². The minimum Gasteiger partial charge on any atom is -0.507 e. The molecule has 2 aromatic rings. The van der Waals surface area contributed by atoms with Crippen molar-refractivity contribution in [2.45, 2.75) is 38.6 Å². The molecule has 1 unspecified atom stereocenters. The number of Topliss-reactive ketones (excluding diaryl/α,β-unsaturated/α-hetero) is 1. The lowest BCUT2D eigenvalue weighted by Gasteiger charge is -2.27. The zero-order valence-electron chi connectivity index (χ0n) is 19.9. The highest BCUT2D eigenvalue weighted by Gasteiger charge is 2.46. The Bertz CT molecular complexity index is 1100. The SMILES string of the molecule is COc1ccc(/C(O)=C2\C(=O)C(=O)N(CCN3CCCC3)C2c2ccc(C(C)C)cc2)cc1F. The number of ether oxygens (including phenoxy) is 1. The maximum atomic E-state index is 14.4. The Hall–Kier alpha value is -3.19. The molecule has 180 valence electrons. The zero-order chi connectivity index (χ0) is 24.4. The molecule has 0 bridgehead atoms. The number of likely N-dealkylation sites (tertiary alicyclic amines) is 2. The quantitative estimate of drug-likeness (QED) is 0.370. The summed E-state index contributed by atoms with van der Waals surface area (Å²) in [4.78, 5) is 30.1. The monoisotopic (exact) mass is 466 g/mol. The molecular formula is C27H31FN2O4. The van der Waals surface area contributed by atoms with Crippen LogP contribution in [0.4, 0.5) is 4.39 Å². The van der Waals surface area contributed by atoms with Gasteiger partial charge in [0.15, 0.2) is 11.6 Å². The number of aliphatic hydroxyl groups is 1. The van der Waals surface area contributed by atoms with Gasteiger partial charge in [0, 0.05) is 18.7 Å². The number of hydrogen-bond acceptors (Lipinski definition) is 5. The van der Waals surface area contributed by atoms with Crippen LogP contribution in [0.15, 0.2) is 48.0 Å². The molecule has 2 aliphatic rings. The van der Waals surface area contributed by atoms with E-state index in [0.29, 0.717) is 19.0 Å². The molecule has 0 spiro atoms. The molecule has 0 aromatic heterocycles. The van der Waals surface area contributed by atoms with Crippen molar-refractivity contribution in [3.05, 3.63) is 70.5 Å². The van der Waals surface area contributed by atoms with Crippen LogP contribution in [0.5, 0.6) is 5.75 Å². The first-order valence-electron chi connectivity index (χ1n) is 11.8. The molecule has 2 aromatic carbocycles. The van der Waals surface area contributed by atoms with Gasteiger partial charge in [0.1, 0.15) is 5.76 Å². The largest absolute Gasteiger partial charge is 0.507 e. The van der Waals surface area contributed by atoms with Crippen molar-refractivity contribution in [3.8, 4) is 5.75 Å². The Morgan fingerprint density at radius 2 is 1.76 bits per heavy atom. The predicted molar refractivity (Wildman–Crippen MR) is 128 cm³/mol. The highest BCUT2D eigenvalue weighted by atomic mass is 19.1. The summed E-state index contributed by atoms with van der Waals surface area (Å²) >= 11 is 0. The van der Waals surface area contributed by atoms with Crippen LogP contribution in [0.2, 0.25) is 0 Å². The molecule has 1 amide bonds. The van der Waals surface area contributed by atoms with E-state index in [4.69, 9.17) is 4.74 Å². The van der Waals surface area contributed by atoms with Crippen molar-refractivity contribution in [1.82, 2.24) is 9.80 Å². The molecular weight excluding hydrogens is 435 g/mol. The number of aliphatic hydroxyl groups excluding tert-OH is 1. The van der Waals surface area contributed by atoms with E-state index >= 15 is 0 Å². The van der Waals surface area contributed by atoms with E-state index in [1.807, 2.05) is 24.3 Å². The number of carbonyl (C=O) groups is 2.